The van der Waals surface area contributed by atoms with Gasteiger partial charge in [-0.15, -0.1) is 0 Å². The summed E-state index contributed by atoms with van der Waals surface area (Å²) < 4.78 is 18.7. The third-order valence-electron chi connectivity index (χ3n) is 3.09. The van der Waals surface area contributed by atoms with Crippen molar-refractivity contribution in [2.75, 3.05) is 11.9 Å². The van der Waals surface area contributed by atoms with Gasteiger partial charge in [-0.3, -0.25) is 0 Å². The van der Waals surface area contributed by atoms with Gasteiger partial charge >= 0.3 is 0 Å². The van der Waals surface area contributed by atoms with E-state index in [-0.39, 0.29) is 11.9 Å². The first-order valence-electron chi connectivity index (χ1n) is 6.94. The molecular formula is C17H20FNO. The molecule has 0 heterocycles. The monoisotopic (exact) mass is 273 g/mol. The van der Waals surface area contributed by atoms with Crippen molar-refractivity contribution in [3.63, 3.8) is 0 Å². The standard InChI is InChI=1S/C17H20FNO/c1-3-12-20-17-7-5-4-6-16(17)19-13(2)14-8-10-15(18)11-9-14/h4-11,13,19H,3,12H2,1-2H3. The van der Waals surface area contributed by atoms with E-state index in [0.29, 0.717) is 6.61 Å². The van der Waals surface area contributed by atoms with E-state index < -0.39 is 0 Å². The maximum atomic E-state index is 12.9. The molecule has 0 radical (unpaired) electrons. The number of hydrogen-bond donors (Lipinski definition) is 1. The number of para-hydroxylation sites is 2. The van der Waals surface area contributed by atoms with Crippen LogP contribution in [0, 0.1) is 5.82 Å². The molecule has 20 heavy (non-hydrogen) atoms. The van der Waals surface area contributed by atoms with Crippen LogP contribution in [-0.4, -0.2) is 6.61 Å². The lowest BCUT2D eigenvalue weighted by Crippen LogP contribution is -2.08. The van der Waals surface area contributed by atoms with E-state index in [9.17, 15) is 4.39 Å². The molecule has 2 nitrogen and oxygen atoms in total. The van der Waals surface area contributed by atoms with Crippen LogP contribution < -0.4 is 10.1 Å². The van der Waals surface area contributed by atoms with Crippen molar-refractivity contribution < 1.29 is 9.13 Å². The van der Waals surface area contributed by atoms with Gasteiger partial charge in [0.05, 0.1) is 12.3 Å². The summed E-state index contributed by atoms with van der Waals surface area (Å²) in [6.45, 7) is 4.82. The van der Waals surface area contributed by atoms with Crippen molar-refractivity contribution in [1.82, 2.24) is 0 Å². The molecule has 0 fully saturated rings. The Morgan fingerprint density at radius 2 is 1.80 bits per heavy atom. The second-order valence-electron chi connectivity index (χ2n) is 4.76. The predicted molar refractivity (Wildman–Crippen MR) is 80.7 cm³/mol. The molecule has 3 heteroatoms. The highest BCUT2D eigenvalue weighted by Crippen LogP contribution is 2.28. The second kappa shape index (κ2) is 6.94. The lowest BCUT2D eigenvalue weighted by molar-refractivity contribution is 0.318. The van der Waals surface area contributed by atoms with Crippen molar-refractivity contribution in [2.24, 2.45) is 0 Å². The van der Waals surface area contributed by atoms with Gasteiger partial charge in [0.15, 0.2) is 0 Å². The van der Waals surface area contributed by atoms with Crippen LogP contribution in [0.15, 0.2) is 48.5 Å². The van der Waals surface area contributed by atoms with Crippen molar-refractivity contribution in [1.29, 1.82) is 0 Å². The minimum absolute atomic E-state index is 0.0852. The summed E-state index contributed by atoms with van der Waals surface area (Å²) in [6, 6.07) is 14.5. The fourth-order valence-electron chi connectivity index (χ4n) is 1.99. The molecule has 0 aliphatic heterocycles. The number of benzene rings is 2. The third-order valence-corrected chi connectivity index (χ3v) is 3.09. The number of nitrogens with one attached hydrogen (secondary N) is 1. The molecule has 0 aromatic heterocycles. The molecule has 0 spiro atoms. The predicted octanol–water partition coefficient (Wildman–Crippen LogP) is 4.79. The van der Waals surface area contributed by atoms with Gasteiger partial charge in [-0.25, -0.2) is 4.39 Å². The van der Waals surface area contributed by atoms with Crippen LogP contribution in [0.3, 0.4) is 0 Å². The first-order chi connectivity index (χ1) is 9.70. The lowest BCUT2D eigenvalue weighted by Gasteiger charge is -2.18. The van der Waals surface area contributed by atoms with Gasteiger partial charge in [0.1, 0.15) is 11.6 Å². The van der Waals surface area contributed by atoms with E-state index in [2.05, 4.69) is 12.2 Å². The first-order valence-corrected chi connectivity index (χ1v) is 6.94. The van der Waals surface area contributed by atoms with E-state index in [1.165, 1.54) is 12.1 Å². The fourth-order valence-corrected chi connectivity index (χ4v) is 1.99. The molecule has 1 unspecified atom stereocenters. The SMILES string of the molecule is CCCOc1ccccc1NC(C)c1ccc(F)cc1. The number of anilines is 1. The molecule has 1 atom stereocenters. The van der Waals surface area contributed by atoms with E-state index in [0.717, 1.165) is 23.4 Å². The minimum Gasteiger partial charge on any atom is -0.491 e. The van der Waals surface area contributed by atoms with Crippen LogP contribution in [0.5, 0.6) is 5.75 Å². The van der Waals surface area contributed by atoms with Gasteiger partial charge in [-0.2, -0.15) is 0 Å². The number of hydrogen-bond acceptors (Lipinski definition) is 2. The molecule has 0 aliphatic carbocycles. The molecule has 106 valence electrons. The van der Waals surface area contributed by atoms with Crippen molar-refractivity contribution in [3.05, 3.63) is 59.9 Å². The number of ether oxygens (including phenoxy) is 1. The summed E-state index contributed by atoms with van der Waals surface area (Å²) >= 11 is 0. The minimum atomic E-state index is -0.215. The highest BCUT2D eigenvalue weighted by Gasteiger charge is 2.09. The fraction of sp³-hybridized carbons (Fsp3) is 0.294. The van der Waals surface area contributed by atoms with Gasteiger partial charge in [0.25, 0.3) is 0 Å². The number of halogens is 1. The molecule has 2 aromatic carbocycles. The molecule has 2 rings (SSSR count). The molecule has 0 saturated carbocycles. The molecule has 2 aromatic rings. The smallest absolute Gasteiger partial charge is 0.142 e. The summed E-state index contributed by atoms with van der Waals surface area (Å²) in [5, 5.41) is 3.41. The van der Waals surface area contributed by atoms with Crippen LogP contribution in [0.2, 0.25) is 0 Å². The molecular weight excluding hydrogens is 253 g/mol. The second-order valence-corrected chi connectivity index (χ2v) is 4.76. The Morgan fingerprint density at radius 3 is 2.50 bits per heavy atom. The molecule has 0 saturated heterocycles. The Labute approximate surface area is 119 Å². The highest BCUT2D eigenvalue weighted by atomic mass is 19.1. The largest absolute Gasteiger partial charge is 0.491 e. The van der Waals surface area contributed by atoms with Gasteiger partial charge in [-0.05, 0) is 43.2 Å². The highest BCUT2D eigenvalue weighted by molar-refractivity contribution is 5.57. The molecule has 0 amide bonds. The van der Waals surface area contributed by atoms with Crippen LogP contribution in [-0.2, 0) is 0 Å². The molecule has 0 bridgehead atoms. The summed E-state index contributed by atoms with van der Waals surface area (Å²) in [6.07, 6.45) is 0.974. The lowest BCUT2D eigenvalue weighted by atomic mass is 10.1. The summed E-state index contributed by atoms with van der Waals surface area (Å²) in [5.41, 5.74) is 1.99. The summed E-state index contributed by atoms with van der Waals surface area (Å²) in [5.74, 6) is 0.635. The van der Waals surface area contributed by atoms with Crippen LogP contribution in [0.4, 0.5) is 10.1 Å². The number of rotatable bonds is 6. The Kier molecular flexibility index (Phi) is 4.99. The third kappa shape index (κ3) is 3.73. The quantitative estimate of drug-likeness (QED) is 0.817. The average Bonchev–Trinajstić information content (AvgIpc) is 2.47. The molecule has 1 N–H and O–H groups in total. The van der Waals surface area contributed by atoms with Crippen LogP contribution in [0.25, 0.3) is 0 Å². The Balaban J connectivity index is 2.10. The normalized spacial score (nSPS) is 11.9. The van der Waals surface area contributed by atoms with Crippen molar-refractivity contribution >= 4 is 5.69 Å². The zero-order valence-electron chi connectivity index (χ0n) is 11.9. The Bertz CT molecular complexity index is 539. The van der Waals surface area contributed by atoms with E-state index >= 15 is 0 Å². The van der Waals surface area contributed by atoms with Crippen LogP contribution in [0.1, 0.15) is 31.9 Å². The van der Waals surface area contributed by atoms with Gasteiger partial charge in [0, 0.05) is 6.04 Å². The maximum absolute atomic E-state index is 12.9. The summed E-state index contributed by atoms with van der Waals surface area (Å²) in [7, 11) is 0. The van der Waals surface area contributed by atoms with Gasteiger partial charge < -0.3 is 10.1 Å². The first kappa shape index (κ1) is 14.4. The van der Waals surface area contributed by atoms with Gasteiger partial charge in [-0.1, -0.05) is 31.2 Å². The topological polar surface area (TPSA) is 21.3 Å². The molecule has 0 aliphatic rings. The maximum Gasteiger partial charge on any atom is 0.142 e. The average molecular weight is 273 g/mol. The Hall–Kier alpha value is -2.03. The van der Waals surface area contributed by atoms with Crippen molar-refractivity contribution in [2.45, 2.75) is 26.3 Å². The van der Waals surface area contributed by atoms with Crippen LogP contribution >= 0.6 is 0 Å². The summed E-state index contributed by atoms with van der Waals surface area (Å²) in [4.78, 5) is 0. The zero-order valence-corrected chi connectivity index (χ0v) is 11.9. The zero-order chi connectivity index (χ0) is 14.4. The van der Waals surface area contributed by atoms with E-state index in [1.807, 2.05) is 31.2 Å². The van der Waals surface area contributed by atoms with Gasteiger partial charge in [0.2, 0.25) is 0 Å². The van der Waals surface area contributed by atoms with Crippen molar-refractivity contribution in [3.8, 4) is 5.75 Å². The Morgan fingerprint density at radius 1 is 1.10 bits per heavy atom. The van der Waals surface area contributed by atoms with E-state index in [4.69, 9.17) is 4.74 Å². The van der Waals surface area contributed by atoms with E-state index in [1.54, 1.807) is 12.1 Å².